The van der Waals surface area contributed by atoms with Crippen LogP contribution < -0.4 is 11.1 Å². The Balaban J connectivity index is 1.67. The number of hydrogen-bond donors (Lipinski definition) is 2. The van der Waals surface area contributed by atoms with Gasteiger partial charge in [-0.2, -0.15) is 0 Å². The van der Waals surface area contributed by atoms with Gasteiger partial charge in [-0.05, 0) is 43.8 Å². The molecule has 2 bridgehead atoms. The van der Waals surface area contributed by atoms with E-state index >= 15 is 0 Å². The van der Waals surface area contributed by atoms with Crippen LogP contribution in [0.25, 0.3) is 0 Å². The van der Waals surface area contributed by atoms with Gasteiger partial charge in [0.25, 0.3) is 0 Å². The quantitative estimate of drug-likeness (QED) is 0.770. The molecule has 1 saturated heterocycles. The van der Waals surface area contributed by atoms with Gasteiger partial charge in [0.05, 0.1) is 12.1 Å². The van der Waals surface area contributed by atoms with Gasteiger partial charge >= 0.3 is 0 Å². The molecule has 0 saturated carbocycles. The maximum Gasteiger partial charge on any atom is 0.124 e. The number of fused-ring (bicyclic) bond motifs is 4. The third kappa shape index (κ3) is 2.42. The number of nitrogens with zero attached hydrogens (tertiary/aromatic N) is 3. The SMILES string of the molecule is CC1C=C(C2=CC=NC(C)C2)NC2=N[C@@]3(N)CCN(C3)C2C1. The van der Waals surface area contributed by atoms with Crippen molar-refractivity contribution in [2.45, 2.75) is 50.9 Å². The molecule has 0 aromatic carbocycles. The summed E-state index contributed by atoms with van der Waals surface area (Å²) in [6, 6.07) is 0.740. The van der Waals surface area contributed by atoms with Crippen molar-refractivity contribution in [3.05, 3.63) is 23.4 Å². The fourth-order valence-corrected chi connectivity index (χ4v) is 4.05. The van der Waals surface area contributed by atoms with Crippen LogP contribution in [-0.2, 0) is 0 Å². The third-order valence-electron chi connectivity index (χ3n) is 5.19. The van der Waals surface area contributed by atoms with E-state index in [-0.39, 0.29) is 5.66 Å². The Morgan fingerprint density at radius 3 is 3.09 bits per heavy atom. The molecular formula is C17H25N5. The van der Waals surface area contributed by atoms with E-state index in [0.717, 1.165) is 38.2 Å². The highest BCUT2D eigenvalue weighted by Gasteiger charge is 2.45. The molecule has 4 rings (SSSR count). The van der Waals surface area contributed by atoms with Crippen molar-refractivity contribution in [1.82, 2.24) is 10.2 Å². The molecule has 4 unspecified atom stereocenters. The molecular weight excluding hydrogens is 274 g/mol. The van der Waals surface area contributed by atoms with Crippen LogP contribution in [0.3, 0.4) is 0 Å². The van der Waals surface area contributed by atoms with Gasteiger partial charge in [0, 0.05) is 25.0 Å². The van der Waals surface area contributed by atoms with Gasteiger partial charge in [-0.3, -0.25) is 9.89 Å². The maximum atomic E-state index is 6.41. The maximum absolute atomic E-state index is 6.41. The van der Waals surface area contributed by atoms with Crippen molar-refractivity contribution in [3.63, 3.8) is 0 Å². The molecule has 5 atom stereocenters. The Labute approximate surface area is 132 Å². The Kier molecular flexibility index (Phi) is 3.24. The lowest BCUT2D eigenvalue weighted by Gasteiger charge is -2.35. The predicted molar refractivity (Wildman–Crippen MR) is 90.0 cm³/mol. The first-order valence-electron chi connectivity index (χ1n) is 8.37. The molecule has 1 fully saturated rings. The summed E-state index contributed by atoms with van der Waals surface area (Å²) in [5.74, 6) is 1.60. The zero-order chi connectivity index (χ0) is 15.3. The number of amidine groups is 1. The first kappa shape index (κ1) is 14.2. The van der Waals surface area contributed by atoms with E-state index in [0.29, 0.717) is 18.0 Å². The van der Waals surface area contributed by atoms with E-state index in [1.165, 1.54) is 11.3 Å². The molecule has 0 aromatic heterocycles. The molecule has 0 aliphatic carbocycles. The molecule has 22 heavy (non-hydrogen) atoms. The Bertz CT molecular complexity index is 602. The van der Waals surface area contributed by atoms with Crippen LogP contribution in [0.4, 0.5) is 0 Å². The standard InChI is InChI=1S/C17H25N5/c1-11-7-14(13-3-5-19-12(2)9-13)20-16-15(8-11)22-6-4-17(18,10-22)21-16/h3,5,7,11-12,15H,4,6,8-10,18H2,1-2H3,(H,20,21)/t11?,12?,15?,17-/m0/s1. The third-order valence-corrected chi connectivity index (χ3v) is 5.19. The van der Waals surface area contributed by atoms with Crippen molar-refractivity contribution >= 4 is 12.1 Å². The van der Waals surface area contributed by atoms with Crippen LogP contribution in [-0.4, -0.2) is 47.8 Å². The normalized spacial score (nSPS) is 43.5. The Morgan fingerprint density at radius 1 is 1.41 bits per heavy atom. The fraction of sp³-hybridized carbons (Fsp3) is 0.647. The van der Waals surface area contributed by atoms with Gasteiger partial charge < -0.3 is 11.1 Å². The second-order valence-corrected chi connectivity index (χ2v) is 7.30. The van der Waals surface area contributed by atoms with Gasteiger partial charge in [0.2, 0.25) is 0 Å². The minimum Gasteiger partial charge on any atom is -0.343 e. The summed E-state index contributed by atoms with van der Waals surface area (Å²) in [4.78, 5) is 11.8. The van der Waals surface area contributed by atoms with Crippen LogP contribution >= 0.6 is 0 Å². The van der Waals surface area contributed by atoms with E-state index in [4.69, 9.17) is 10.7 Å². The van der Waals surface area contributed by atoms with E-state index < -0.39 is 0 Å². The van der Waals surface area contributed by atoms with Gasteiger partial charge in [-0.1, -0.05) is 13.0 Å². The molecule has 5 heteroatoms. The summed E-state index contributed by atoms with van der Waals surface area (Å²) in [5.41, 5.74) is 8.57. The van der Waals surface area contributed by atoms with Crippen molar-refractivity contribution in [3.8, 4) is 0 Å². The van der Waals surface area contributed by atoms with E-state index in [1.807, 2.05) is 6.21 Å². The average Bonchev–Trinajstić information content (AvgIpc) is 2.69. The first-order chi connectivity index (χ1) is 10.5. The van der Waals surface area contributed by atoms with Gasteiger partial charge in [0.15, 0.2) is 0 Å². The van der Waals surface area contributed by atoms with E-state index in [2.05, 4.69) is 41.2 Å². The number of nitrogens with two attached hydrogens (primary N) is 1. The number of aliphatic imine (C=N–C) groups is 2. The van der Waals surface area contributed by atoms with E-state index in [9.17, 15) is 0 Å². The zero-order valence-electron chi connectivity index (χ0n) is 13.4. The molecule has 0 spiro atoms. The molecule has 3 N–H and O–H groups in total. The summed E-state index contributed by atoms with van der Waals surface area (Å²) in [6.07, 6.45) is 9.48. The second kappa shape index (κ2) is 5.03. The topological polar surface area (TPSA) is 66.0 Å². The van der Waals surface area contributed by atoms with Gasteiger partial charge in [-0.15, -0.1) is 0 Å². The highest BCUT2D eigenvalue weighted by atomic mass is 15.3. The van der Waals surface area contributed by atoms with Crippen LogP contribution in [0.5, 0.6) is 0 Å². The second-order valence-electron chi connectivity index (χ2n) is 7.30. The van der Waals surface area contributed by atoms with Crippen LogP contribution in [0, 0.1) is 5.92 Å². The number of rotatable bonds is 1. The highest BCUT2D eigenvalue weighted by Crippen LogP contribution is 2.33. The average molecular weight is 299 g/mol. The molecule has 4 aliphatic heterocycles. The summed E-state index contributed by atoms with van der Waals surface area (Å²) in [6.45, 7) is 6.42. The molecule has 118 valence electrons. The minimum absolute atomic E-state index is 0.353. The van der Waals surface area contributed by atoms with Crippen molar-refractivity contribution in [2.24, 2.45) is 21.6 Å². The van der Waals surface area contributed by atoms with Crippen LogP contribution in [0.2, 0.25) is 0 Å². The number of allylic oxidation sites excluding steroid dienone is 3. The summed E-state index contributed by atoms with van der Waals surface area (Å²) in [5, 5.41) is 3.62. The minimum atomic E-state index is -0.382. The summed E-state index contributed by atoms with van der Waals surface area (Å²) >= 11 is 0. The van der Waals surface area contributed by atoms with Gasteiger partial charge in [-0.25, -0.2) is 4.99 Å². The molecule has 0 aromatic rings. The molecule has 5 nitrogen and oxygen atoms in total. The van der Waals surface area contributed by atoms with Crippen molar-refractivity contribution in [2.75, 3.05) is 13.1 Å². The molecule has 4 heterocycles. The molecule has 0 radical (unpaired) electrons. The first-order valence-corrected chi connectivity index (χ1v) is 8.37. The highest BCUT2D eigenvalue weighted by molar-refractivity contribution is 5.91. The summed E-state index contributed by atoms with van der Waals surface area (Å²) in [7, 11) is 0. The fourth-order valence-electron chi connectivity index (χ4n) is 4.05. The lowest BCUT2D eigenvalue weighted by molar-refractivity contribution is 0.241. The number of nitrogens with one attached hydrogen (secondary N) is 1. The van der Waals surface area contributed by atoms with E-state index in [1.54, 1.807) is 0 Å². The predicted octanol–water partition coefficient (Wildman–Crippen LogP) is 1.43. The van der Waals surface area contributed by atoms with Crippen LogP contribution in [0.15, 0.2) is 33.4 Å². The Hall–Kier alpha value is -1.46. The Morgan fingerprint density at radius 2 is 2.27 bits per heavy atom. The van der Waals surface area contributed by atoms with Crippen molar-refractivity contribution < 1.29 is 0 Å². The largest absolute Gasteiger partial charge is 0.343 e. The molecule has 4 aliphatic rings. The monoisotopic (exact) mass is 299 g/mol. The van der Waals surface area contributed by atoms with Gasteiger partial charge in [0.1, 0.15) is 11.5 Å². The zero-order valence-corrected chi connectivity index (χ0v) is 13.4. The smallest absolute Gasteiger partial charge is 0.124 e. The number of dihydropyridines is 1. The number of hydrogen-bond acceptors (Lipinski definition) is 5. The lowest BCUT2D eigenvalue weighted by atomic mass is 9.97. The summed E-state index contributed by atoms with van der Waals surface area (Å²) < 4.78 is 0. The molecule has 0 amide bonds. The van der Waals surface area contributed by atoms with Crippen LogP contribution in [0.1, 0.15) is 33.1 Å². The van der Waals surface area contributed by atoms with Crippen molar-refractivity contribution in [1.29, 1.82) is 0 Å². The lowest BCUT2D eigenvalue weighted by Crippen LogP contribution is -2.55.